The summed E-state index contributed by atoms with van der Waals surface area (Å²) in [5.41, 5.74) is 1.49. The maximum absolute atomic E-state index is 4.19. The summed E-state index contributed by atoms with van der Waals surface area (Å²) < 4.78 is 0. The summed E-state index contributed by atoms with van der Waals surface area (Å²) >= 11 is 0. The Kier molecular flexibility index (Phi) is 4.86. The number of hydrogen-bond donors (Lipinski definition) is 0. The number of aryl methyl sites for hydroxylation is 1. The third-order valence-corrected chi connectivity index (χ3v) is 11.1. The smallest absolute Gasteiger partial charge is 0.0194 e. The van der Waals surface area contributed by atoms with Gasteiger partial charge in [-0.25, -0.2) is 8.29 Å². The molecule has 0 aliphatic carbocycles. The molecule has 0 saturated carbocycles. The van der Waals surface area contributed by atoms with E-state index in [9.17, 15) is 0 Å². The van der Waals surface area contributed by atoms with Gasteiger partial charge in [-0.3, -0.25) is 0 Å². The van der Waals surface area contributed by atoms with Gasteiger partial charge in [0.15, 0.2) is 0 Å². The van der Waals surface area contributed by atoms with E-state index in [0.29, 0.717) is 0 Å². The van der Waals surface area contributed by atoms with Gasteiger partial charge >= 0.3 is 0 Å². The molecule has 1 aromatic rings. The van der Waals surface area contributed by atoms with Gasteiger partial charge in [-0.1, -0.05) is 63.3 Å². The standard InChI is InChI=1S/C19H34S/c1-7-10-11-12-14-18-15-13-16-19(17-18)20(4,5,6,8-2)9-3/h8,13,15-17H,2,7,9-12,14H2,1,3-6H3. The van der Waals surface area contributed by atoms with Crippen molar-refractivity contribution in [3.63, 3.8) is 0 Å². The van der Waals surface area contributed by atoms with E-state index < -0.39 is 8.29 Å². The average molecular weight is 295 g/mol. The Morgan fingerprint density at radius 1 is 1.05 bits per heavy atom. The molecule has 0 atom stereocenters. The molecule has 0 unspecified atom stereocenters. The van der Waals surface area contributed by atoms with Crippen molar-refractivity contribution in [3.8, 4) is 0 Å². The van der Waals surface area contributed by atoms with Crippen LogP contribution in [0.1, 0.15) is 45.1 Å². The fraction of sp³-hybridized carbons (Fsp3) is 0.579. The summed E-state index contributed by atoms with van der Waals surface area (Å²) in [6.45, 7) is 8.76. The topological polar surface area (TPSA) is 0 Å². The van der Waals surface area contributed by atoms with E-state index >= 15 is 0 Å². The van der Waals surface area contributed by atoms with E-state index in [1.807, 2.05) is 0 Å². The van der Waals surface area contributed by atoms with E-state index in [0.717, 1.165) is 5.75 Å². The third-order valence-electron chi connectivity index (χ3n) is 5.11. The second-order valence-corrected chi connectivity index (χ2v) is 16.8. The predicted molar refractivity (Wildman–Crippen MR) is 98.7 cm³/mol. The second-order valence-electron chi connectivity index (χ2n) is 7.75. The highest BCUT2D eigenvalue weighted by atomic mass is 32.4. The Hall–Kier alpha value is -0.690. The minimum Gasteiger partial charge on any atom is -0.246 e. The monoisotopic (exact) mass is 294 g/mol. The highest BCUT2D eigenvalue weighted by Crippen LogP contribution is 2.87. The normalized spacial score (nSPS) is 15.4. The van der Waals surface area contributed by atoms with Crippen molar-refractivity contribution in [3.05, 3.63) is 41.8 Å². The maximum Gasteiger partial charge on any atom is -0.0194 e. The molecule has 0 bridgehead atoms. The van der Waals surface area contributed by atoms with Crippen molar-refractivity contribution in [2.75, 3.05) is 24.5 Å². The van der Waals surface area contributed by atoms with Crippen LogP contribution in [0.15, 0.2) is 41.1 Å². The molecule has 1 aromatic carbocycles. The fourth-order valence-corrected chi connectivity index (χ4v) is 4.46. The molecule has 0 nitrogen and oxygen atoms in total. The van der Waals surface area contributed by atoms with Gasteiger partial charge in [-0.2, -0.15) is 0 Å². The maximum atomic E-state index is 4.19. The summed E-state index contributed by atoms with van der Waals surface area (Å²) in [6, 6.07) is 9.27. The van der Waals surface area contributed by atoms with E-state index in [-0.39, 0.29) is 0 Å². The van der Waals surface area contributed by atoms with Crippen molar-refractivity contribution in [1.82, 2.24) is 0 Å². The quantitative estimate of drug-likeness (QED) is 0.508. The number of hydrogen-bond acceptors (Lipinski definition) is 0. The first-order valence-electron chi connectivity index (χ1n) is 7.95. The first-order valence-corrected chi connectivity index (χ1v) is 11.9. The van der Waals surface area contributed by atoms with Gasteiger partial charge < -0.3 is 0 Å². The zero-order valence-corrected chi connectivity index (χ0v) is 15.1. The highest BCUT2D eigenvalue weighted by Gasteiger charge is 2.44. The van der Waals surface area contributed by atoms with Crippen molar-refractivity contribution < 1.29 is 0 Å². The lowest BCUT2D eigenvalue weighted by molar-refractivity contribution is 0.666. The molecule has 0 aliphatic heterocycles. The summed E-state index contributed by atoms with van der Waals surface area (Å²) in [4.78, 5) is 1.50. The SMILES string of the molecule is C=CS(C)(C)(C)(CC)c1cccc(CCCCCC)c1. The zero-order chi connectivity index (χ0) is 15.3. The largest absolute Gasteiger partial charge is 0.246 e. The number of unbranched alkanes of at least 4 members (excludes halogenated alkanes) is 3. The van der Waals surface area contributed by atoms with Crippen LogP contribution in [0, 0.1) is 0 Å². The Morgan fingerprint density at radius 2 is 1.75 bits per heavy atom. The Balaban J connectivity index is 3.02. The second kappa shape index (κ2) is 5.60. The van der Waals surface area contributed by atoms with Crippen molar-refractivity contribution in [2.24, 2.45) is 0 Å². The highest BCUT2D eigenvalue weighted by molar-refractivity contribution is 8.65. The molecule has 0 saturated heterocycles. The minimum atomic E-state index is -2.32. The van der Waals surface area contributed by atoms with Crippen LogP contribution in [0.5, 0.6) is 0 Å². The van der Waals surface area contributed by atoms with Crippen LogP contribution in [0.4, 0.5) is 0 Å². The van der Waals surface area contributed by atoms with Crippen LogP contribution in [-0.2, 0) is 6.42 Å². The minimum absolute atomic E-state index is 1.16. The van der Waals surface area contributed by atoms with E-state index in [2.05, 4.69) is 68.9 Å². The summed E-state index contributed by atoms with van der Waals surface area (Å²) in [5, 5.41) is 2.25. The molecule has 0 aliphatic rings. The van der Waals surface area contributed by atoms with Gasteiger partial charge in [0.25, 0.3) is 0 Å². The molecule has 0 spiro atoms. The van der Waals surface area contributed by atoms with Gasteiger partial charge in [0, 0.05) is 0 Å². The lowest BCUT2D eigenvalue weighted by Gasteiger charge is -2.70. The summed E-state index contributed by atoms with van der Waals surface area (Å²) in [5.74, 6) is 1.16. The zero-order valence-electron chi connectivity index (χ0n) is 14.2. The lowest BCUT2D eigenvalue weighted by Crippen LogP contribution is -2.32. The molecule has 0 N–H and O–H groups in total. The first-order chi connectivity index (χ1) is 9.20. The molecular weight excluding hydrogens is 260 g/mol. The van der Waals surface area contributed by atoms with Crippen molar-refractivity contribution in [2.45, 2.75) is 50.8 Å². The molecule has 0 heterocycles. The molecule has 116 valence electrons. The predicted octanol–water partition coefficient (Wildman–Crippen LogP) is 6.10. The van der Waals surface area contributed by atoms with Gasteiger partial charge in [-0.05, 0) is 53.9 Å². The lowest BCUT2D eigenvalue weighted by atomic mass is 10.1. The Bertz CT molecular complexity index is 473. The number of benzene rings is 1. The molecule has 0 aromatic heterocycles. The van der Waals surface area contributed by atoms with E-state index in [1.54, 1.807) is 0 Å². The van der Waals surface area contributed by atoms with Gasteiger partial charge in [0.05, 0.1) is 0 Å². The van der Waals surface area contributed by atoms with Crippen LogP contribution in [0.2, 0.25) is 0 Å². The molecule has 20 heavy (non-hydrogen) atoms. The molecule has 0 fully saturated rings. The number of rotatable bonds is 8. The van der Waals surface area contributed by atoms with Crippen molar-refractivity contribution >= 4 is 8.29 Å². The van der Waals surface area contributed by atoms with Crippen LogP contribution < -0.4 is 0 Å². The first kappa shape index (κ1) is 17.4. The molecule has 1 heteroatoms. The summed E-state index contributed by atoms with van der Waals surface area (Å²) in [7, 11) is -2.32. The van der Waals surface area contributed by atoms with Gasteiger partial charge in [-0.15, -0.1) is 0 Å². The van der Waals surface area contributed by atoms with E-state index in [4.69, 9.17) is 0 Å². The Labute approximate surface area is 125 Å². The van der Waals surface area contributed by atoms with Crippen LogP contribution in [0.25, 0.3) is 0 Å². The molecule has 0 radical (unpaired) electrons. The molecular formula is C19H34S. The van der Waals surface area contributed by atoms with Gasteiger partial charge in [0.2, 0.25) is 0 Å². The summed E-state index contributed by atoms with van der Waals surface area (Å²) in [6.07, 6.45) is 13.8. The van der Waals surface area contributed by atoms with Gasteiger partial charge in [0.1, 0.15) is 0 Å². The van der Waals surface area contributed by atoms with E-state index in [1.165, 1.54) is 42.6 Å². The average Bonchev–Trinajstić information content (AvgIpc) is 2.45. The fourth-order valence-electron chi connectivity index (χ4n) is 2.38. The third kappa shape index (κ3) is 3.69. The van der Waals surface area contributed by atoms with Crippen LogP contribution in [0.3, 0.4) is 0 Å². The van der Waals surface area contributed by atoms with Crippen LogP contribution in [-0.4, -0.2) is 24.5 Å². The van der Waals surface area contributed by atoms with Crippen molar-refractivity contribution in [1.29, 1.82) is 0 Å². The molecule has 1 rings (SSSR count). The molecule has 0 amide bonds. The Morgan fingerprint density at radius 3 is 2.30 bits per heavy atom. The van der Waals surface area contributed by atoms with Crippen LogP contribution >= 0.6 is 8.29 Å².